The number of benzene rings is 2. The van der Waals surface area contributed by atoms with Gasteiger partial charge >= 0.3 is 12.2 Å². The lowest BCUT2D eigenvalue weighted by Gasteiger charge is -2.25. The van der Waals surface area contributed by atoms with Crippen LogP contribution in [0.15, 0.2) is 60.7 Å². The minimum Gasteiger partial charge on any atom is -0.445 e. The van der Waals surface area contributed by atoms with E-state index in [-0.39, 0.29) is 13.2 Å². The fourth-order valence-corrected chi connectivity index (χ4v) is 4.41. The smallest absolute Gasteiger partial charge is 0.410 e. The minimum absolute atomic E-state index is 0.110. The summed E-state index contributed by atoms with van der Waals surface area (Å²) in [6.45, 7) is 1.00. The van der Waals surface area contributed by atoms with Crippen LogP contribution in [0.2, 0.25) is 0 Å². The third-order valence-corrected chi connectivity index (χ3v) is 6.30. The van der Waals surface area contributed by atoms with Crippen molar-refractivity contribution >= 4 is 24.0 Å². The fraction of sp³-hybridized carbons (Fsp3) is 0.385. The van der Waals surface area contributed by atoms with Gasteiger partial charge in [-0.15, -0.1) is 0 Å². The van der Waals surface area contributed by atoms with E-state index >= 15 is 0 Å². The third-order valence-electron chi connectivity index (χ3n) is 6.30. The van der Waals surface area contributed by atoms with E-state index in [1.807, 2.05) is 60.7 Å². The fourth-order valence-electron chi connectivity index (χ4n) is 4.41. The molecule has 0 aliphatic carbocycles. The van der Waals surface area contributed by atoms with Crippen LogP contribution < -0.4 is 10.9 Å². The van der Waals surface area contributed by atoms with Gasteiger partial charge in [-0.2, -0.15) is 0 Å². The Labute approximate surface area is 209 Å². The highest BCUT2D eigenvalue weighted by atomic mass is 16.6. The first-order chi connectivity index (χ1) is 17.5. The summed E-state index contributed by atoms with van der Waals surface area (Å²) < 4.78 is 10.7. The lowest BCUT2D eigenvalue weighted by atomic mass is 10.2. The van der Waals surface area contributed by atoms with Gasteiger partial charge in [-0.3, -0.25) is 30.2 Å². The van der Waals surface area contributed by atoms with Crippen molar-refractivity contribution < 1.29 is 28.7 Å². The Morgan fingerprint density at radius 2 is 1.06 bits per heavy atom. The maximum Gasteiger partial charge on any atom is 0.410 e. The van der Waals surface area contributed by atoms with Crippen molar-refractivity contribution in [3.8, 4) is 0 Å². The van der Waals surface area contributed by atoms with Crippen LogP contribution >= 0.6 is 0 Å². The van der Waals surface area contributed by atoms with Gasteiger partial charge in [-0.1, -0.05) is 60.7 Å². The molecule has 4 rings (SSSR count). The zero-order chi connectivity index (χ0) is 25.3. The lowest BCUT2D eigenvalue weighted by molar-refractivity contribution is -0.133. The van der Waals surface area contributed by atoms with Crippen LogP contribution in [0.5, 0.6) is 0 Å². The highest BCUT2D eigenvalue weighted by Crippen LogP contribution is 2.20. The highest BCUT2D eigenvalue weighted by molar-refractivity contribution is 5.90. The first kappa shape index (κ1) is 25.0. The summed E-state index contributed by atoms with van der Waals surface area (Å²) in [7, 11) is 0. The maximum absolute atomic E-state index is 12.7. The standard InChI is InChI=1S/C26H30N4O6/c31-23(21-13-7-15-29(21)25(33)35-17-19-9-3-1-4-10-19)27-28-24(32)22-14-8-16-30(22)26(34)36-18-20-11-5-2-6-12-20/h1-6,9-12,21-22H,7-8,13-18H2,(H,27,31)(H,28,32)/t21-,22-/m0/s1. The van der Waals surface area contributed by atoms with Crippen LogP contribution in [0.3, 0.4) is 0 Å². The molecule has 0 spiro atoms. The molecule has 2 aromatic carbocycles. The molecule has 0 aromatic heterocycles. The number of likely N-dealkylation sites (tertiary alicyclic amines) is 2. The monoisotopic (exact) mass is 494 g/mol. The molecule has 0 bridgehead atoms. The van der Waals surface area contributed by atoms with Crippen LogP contribution in [-0.2, 0) is 32.3 Å². The number of carbonyl (C=O) groups is 4. The summed E-state index contributed by atoms with van der Waals surface area (Å²) in [6, 6.07) is 17.1. The average Bonchev–Trinajstić information content (AvgIpc) is 3.60. The molecule has 2 fully saturated rings. The second-order valence-corrected chi connectivity index (χ2v) is 8.76. The molecular weight excluding hydrogens is 464 g/mol. The van der Waals surface area contributed by atoms with E-state index in [4.69, 9.17) is 9.47 Å². The average molecular weight is 495 g/mol. The van der Waals surface area contributed by atoms with Gasteiger partial charge in [0.1, 0.15) is 25.3 Å². The summed E-state index contributed by atoms with van der Waals surface area (Å²) >= 11 is 0. The minimum atomic E-state index is -0.746. The predicted octanol–water partition coefficient (Wildman–Crippen LogP) is 2.74. The quantitative estimate of drug-likeness (QED) is 0.597. The lowest BCUT2D eigenvalue weighted by Crippen LogP contribution is -2.55. The number of hydrazine groups is 1. The number of nitrogens with one attached hydrogen (secondary N) is 2. The largest absolute Gasteiger partial charge is 0.445 e. The Bertz CT molecular complexity index is 979. The molecule has 10 heteroatoms. The Morgan fingerprint density at radius 1 is 0.667 bits per heavy atom. The molecule has 0 unspecified atom stereocenters. The maximum atomic E-state index is 12.7. The molecule has 10 nitrogen and oxygen atoms in total. The van der Waals surface area contributed by atoms with Crippen molar-refractivity contribution in [1.82, 2.24) is 20.7 Å². The van der Waals surface area contributed by atoms with E-state index in [2.05, 4.69) is 10.9 Å². The molecule has 2 saturated heterocycles. The van der Waals surface area contributed by atoms with Gasteiger partial charge in [0, 0.05) is 13.1 Å². The van der Waals surface area contributed by atoms with Gasteiger partial charge in [-0.05, 0) is 36.8 Å². The van der Waals surface area contributed by atoms with E-state index in [1.54, 1.807) is 0 Å². The normalized spacial score (nSPS) is 19.0. The van der Waals surface area contributed by atoms with E-state index in [0.29, 0.717) is 38.8 Å². The molecule has 2 heterocycles. The Kier molecular flexibility index (Phi) is 8.38. The SMILES string of the molecule is O=C(NNC(=O)[C@@H]1CCCN1C(=O)OCc1ccccc1)[C@@H]1CCCN1C(=O)OCc1ccccc1. The first-order valence-electron chi connectivity index (χ1n) is 12.1. The molecule has 190 valence electrons. The second-order valence-electron chi connectivity index (χ2n) is 8.76. The van der Waals surface area contributed by atoms with Gasteiger partial charge in [0.25, 0.3) is 11.8 Å². The number of ether oxygens (including phenoxy) is 2. The van der Waals surface area contributed by atoms with Crippen LogP contribution in [0.1, 0.15) is 36.8 Å². The number of hydrogen-bond acceptors (Lipinski definition) is 6. The van der Waals surface area contributed by atoms with Crippen LogP contribution in [0.4, 0.5) is 9.59 Å². The molecule has 2 N–H and O–H groups in total. The summed E-state index contributed by atoms with van der Waals surface area (Å²) in [5, 5.41) is 0. The van der Waals surface area contributed by atoms with Crippen molar-refractivity contribution in [2.75, 3.05) is 13.1 Å². The van der Waals surface area contributed by atoms with Gasteiger partial charge in [0.15, 0.2) is 0 Å². The summed E-state index contributed by atoms with van der Waals surface area (Å²) in [5.74, 6) is -1.01. The number of amides is 4. The molecular formula is C26H30N4O6. The van der Waals surface area contributed by atoms with Crippen LogP contribution in [0, 0.1) is 0 Å². The molecule has 2 aromatic rings. The van der Waals surface area contributed by atoms with Crippen molar-refractivity contribution in [1.29, 1.82) is 0 Å². The predicted molar refractivity (Wildman–Crippen MR) is 129 cm³/mol. The third kappa shape index (κ3) is 6.32. The van der Waals surface area contributed by atoms with Crippen molar-refractivity contribution in [2.24, 2.45) is 0 Å². The molecule has 0 saturated carbocycles. The Balaban J connectivity index is 1.24. The Morgan fingerprint density at radius 3 is 1.44 bits per heavy atom. The molecule has 2 aliphatic rings. The van der Waals surface area contributed by atoms with Gasteiger partial charge in [0.2, 0.25) is 0 Å². The number of rotatable bonds is 6. The van der Waals surface area contributed by atoms with Gasteiger partial charge in [0.05, 0.1) is 0 Å². The summed E-state index contributed by atoms with van der Waals surface area (Å²) in [4.78, 5) is 53.3. The Hall–Kier alpha value is -4.08. The van der Waals surface area contributed by atoms with E-state index < -0.39 is 36.1 Å². The molecule has 4 amide bonds. The number of hydrogen-bond donors (Lipinski definition) is 2. The number of nitrogens with zero attached hydrogens (tertiary/aromatic N) is 2. The summed E-state index contributed by atoms with van der Waals surface area (Å²) in [6.07, 6.45) is 1.07. The van der Waals surface area contributed by atoms with E-state index in [0.717, 1.165) is 11.1 Å². The van der Waals surface area contributed by atoms with Crippen LogP contribution in [0.25, 0.3) is 0 Å². The zero-order valence-corrected chi connectivity index (χ0v) is 19.9. The molecule has 0 radical (unpaired) electrons. The van der Waals surface area contributed by atoms with Crippen LogP contribution in [-0.4, -0.2) is 59.0 Å². The topological polar surface area (TPSA) is 117 Å². The zero-order valence-electron chi connectivity index (χ0n) is 19.9. The van der Waals surface area contributed by atoms with Crippen molar-refractivity contribution in [3.05, 3.63) is 71.8 Å². The van der Waals surface area contributed by atoms with Crippen molar-refractivity contribution in [3.63, 3.8) is 0 Å². The first-order valence-corrected chi connectivity index (χ1v) is 12.1. The molecule has 2 atom stereocenters. The molecule has 36 heavy (non-hydrogen) atoms. The second kappa shape index (κ2) is 12.1. The van der Waals surface area contributed by atoms with Crippen molar-refractivity contribution in [2.45, 2.75) is 51.0 Å². The van der Waals surface area contributed by atoms with E-state index in [1.165, 1.54) is 9.80 Å². The molecule has 2 aliphatic heterocycles. The number of carbonyl (C=O) groups excluding carboxylic acids is 4. The highest BCUT2D eigenvalue weighted by Gasteiger charge is 2.38. The van der Waals surface area contributed by atoms with Gasteiger partial charge < -0.3 is 9.47 Å². The van der Waals surface area contributed by atoms with Gasteiger partial charge in [-0.25, -0.2) is 9.59 Å². The van der Waals surface area contributed by atoms with E-state index in [9.17, 15) is 19.2 Å². The summed E-state index contributed by atoms with van der Waals surface area (Å²) in [5.41, 5.74) is 6.52.